The summed E-state index contributed by atoms with van der Waals surface area (Å²) in [6.07, 6.45) is 0. The minimum absolute atomic E-state index is 0.288. The van der Waals surface area contributed by atoms with Crippen molar-refractivity contribution in [2.45, 2.75) is 6.92 Å². The van der Waals surface area contributed by atoms with Gasteiger partial charge in [-0.2, -0.15) is 0 Å². The second kappa shape index (κ2) is 8.53. The number of fused-ring (bicyclic) bond motifs is 1. The third-order valence-corrected chi connectivity index (χ3v) is 4.31. The molecule has 0 amide bonds. The Kier molecular flexibility index (Phi) is 5.48. The third kappa shape index (κ3) is 4.67. The minimum atomic E-state index is -0.558. The van der Waals surface area contributed by atoms with Crippen molar-refractivity contribution in [2.75, 3.05) is 6.61 Å². The zero-order valence-electron chi connectivity index (χ0n) is 16.2. The average molecular weight is 402 g/mol. The highest BCUT2D eigenvalue weighted by Gasteiger charge is 2.09. The molecule has 0 aliphatic carbocycles. The van der Waals surface area contributed by atoms with Gasteiger partial charge in [-0.25, -0.2) is 9.59 Å². The van der Waals surface area contributed by atoms with E-state index in [0.717, 1.165) is 16.7 Å². The number of hydrogen-bond acceptors (Lipinski definition) is 6. The second-order valence-electron chi connectivity index (χ2n) is 6.56. The lowest BCUT2D eigenvalue weighted by molar-refractivity contribution is -0.136. The van der Waals surface area contributed by atoms with Crippen molar-refractivity contribution in [1.29, 1.82) is 0 Å². The maximum absolute atomic E-state index is 12.1. The van der Waals surface area contributed by atoms with Gasteiger partial charge in [-0.3, -0.25) is 0 Å². The third-order valence-electron chi connectivity index (χ3n) is 4.31. The van der Waals surface area contributed by atoms with Crippen LogP contribution in [0.1, 0.15) is 5.56 Å². The molecule has 4 aromatic rings. The van der Waals surface area contributed by atoms with Crippen molar-refractivity contribution in [1.82, 2.24) is 0 Å². The first-order valence-corrected chi connectivity index (χ1v) is 9.28. The summed E-state index contributed by atoms with van der Waals surface area (Å²) in [6.45, 7) is 1.54. The van der Waals surface area contributed by atoms with Crippen LogP contribution in [0.15, 0.2) is 88.1 Å². The number of ether oxygens (including phenoxy) is 3. The van der Waals surface area contributed by atoms with Gasteiger partial charge in [0, 0.05) is 17.5 Å². The highest BCUT2D eigenvalue weighted by atomic mass is 16.6. The van der Waals surface area contributed by atoms with Crippen molar-refractivity contribution >= 4 is 16.9 Å². The molecule has 0 bridgehead atoms. The maximum atomic E-state index is 12.1. The molecule has 6 heteroatoms. The quantitative estimate of drug-likeness (QED) is 0.260. The summed E-state index contributed by atoms with van der Waals surface area (Å²) in [5.74, 6) is 1.57. The standard InChI is InChI=1S/C24H18O6/c1-16-13-23(25)30-22-14-20(11-12-21(16)22)27-15-24(26)29-19-9-7-18(8-10-19)28-17-5-3-2-4-6-17/h2-14H,15H2,1H3. The van der Waals surface area contributed by atoms with Crippen LogP contribution in [0.25, 0.3) is 11.0 Å². The molecule has 6 nitrogen and oxygen atoms in total. The van der Waals surface area contributed by atoms with Crippen molar-refractivity contribution < 1.29 is 23.4 Å². The summed E-state index contributed by atoms with van der Waals surface area (Å²) >= 11 is 0. The van der Waals surface area contributed by atoms with E-state index in [4.69, 9.17) is 18.6 Å². The van der Waals surface area contributed by atoms with E-state index < -0.39 is 11.6 Å². The molecule has 1 aromatic heterocycles. The van der Waals surface area contributed by atoms with Gasteiger partial charge in [0.2, 0.25) is 0 Å². The van der Waals surface area contributed by atoms with Crippen LogP contribution in [0.3, 0.4) is 0 Å². The molecule has 0 saturated heterocycles. The van der Waals surface area contributed by atoms with Crippen LogP contribution in [0.5, 0.6) is 23.0 Å². The van der Waals surface area contributed by atoms with E-state index in [1.165, 1.54) is 6.07 Å². The number of hydrogen-bond donors (Lipinski definition) is 0. The Morgan fingerprint density at radius 1 is 0.833 bits per heavy atom. The van der Waals surface area contributed by atoms with E-state index in [-0.39, 0.29) is 6.61 Å². The van der Waals surface area contributed by atoms with Crippen LogP contribution < -0.4 is 19.8 Å². The Balaban J connectivity index is 1.34. The first-order valence-electron chi connectivity index (χ1n) is 9.28. The van der Waals surface area contributed by atoms with Gasteiger partial charge in [-0.05, 0) is 61.0 Å². The Hall–Kier alpha value is -4.06. The van der Waals surface area contributed by atoms with Crippen molar-refractivity contribution in [3.8, 4) is 23.0 Å². The molecule has 4 rings (SSSR count). The molecule has 0 saturated carbocycles. The Morgan fingerprint density at radius 2 is 1.50 bits per heavy atom. The Morgan fingerprint density at radius 3 is 2.27 bits per heavy atom. The first kappa shape index (κ1) is 19.3. The highest BCUT2D eigenvalue weighted by molar-refractivity contribution is 5.81. The maximum Gasteiger partial charge on any atom is 0.349 e. The summed E-state index contributed by atoms with van der Waals surface area (Å²) in [4.78, 5) is 23.6. The smallest absolute Gasteiger partial charge is 0.349 e. The van der Waals surface area contributed by atoms with Crippen LogP contribution >= 0.6 is 0 Å². The summed E-state index contributed by atoms with van der Waals surface area (Å²) in [7, 11) is 0. The van der Waals surface area contributed by atoms with Crippen molar-refractivity contribution in [3.63, 3.8) is 0 Å². The topological polar surface area (TPSA) is 75.0 Å². The molecule has 150 valence electrons. The van der Waals surface area contributed by atoms with E-state index in [9.17, 15) is 9.59 Å². The van der Waals surface area contributed by atoms with Gasteiger partial charge in [-0.1, -0.05) is 18.2 Å². The monoisotopic (exact) mass is 402 g/mol. The molecule has 30 heavy (non-hydrogen) atoms. The molecule has 1 heterocycles. The van der Waals surface area contributed by atoms with Crippen LogP contribution in [-0.2, 0) is 4.79 Å². The summed E-state index contributed by atoms with van der Waals surface area (Å²) < 4.78 is 21.6. The molecule has 0 aliphatic heterocycles. The first-order chi connectivity index (χ1) is 14.6. The van der Waals surface area contributed by atoms with Crippen LogP contribution in [0.2, 0.25) is 0 Å². The Labute approximate surface area is 172 Å². The van der Waals surface area contributed by atoms with Gasteiger partial charge in [0.1, 0.15) is 28.6 Å². The van der Waals surface area contributed by atoms with Gasteiger partial charge in [0.15, 0.2) is 6.61 Å². The average Bonchev–Trinajstić information content (AvgIpc) is 2.74. The minimum Gasteiger partial charge on any atom is -0.482 e. The zero-order chi connectivity index (χ0) is 20.9. The van der Waals surface area contributed by atoms with Gasteiger partial charge < -0.3 is 18.6 Å². The summed E-state index contributed by atoms with van der Waals surface area (Å²) in [5.41, 5.74) is 0.781. The number of esters is 1. The fourth-order valence-electron chi connectivity index (χ4n) is 2.90. The fraction of sp³-hybridized carbons (Fsp3) is 0.0833. The highest BCUT2D eigenvalue weighted by Crippen LogP contribution is 2.24. The number of aryl methyl sites for hydroxylation is 1. The SMILES string of the molecule is Cc1cc(=O)oc2cc(OCC(=O)Oc3ccc(Oc4ccccc4)cc3)ccc12. The fourth-order valence-corrected chi connectivity index (χ4v) is 2.90. The molecule has 0 fully saturated rings. The molecular formula is C24H18O6. The molecule has 0 spiro atoms. The zero-order valence-corrected chi connectivity index (χ0v) is 16.2. The van der Waals surface area contributed by atoms with Gasteiger partial charge in [0.25, 0.3) is 0 Å². The number of carbonyl (C=O) groups excluding carboxylic acids is 1. The largest absolute Gasteiger partial charge is 0.482 e. The molecule has 0 aliphatic rings. The molecule has 0 radical (unpaired) electrons. The molecule has 0 atom stereocenters. The van der Waals surface area contributed by atoms with Gasteiger partial charge in [0.05, 0.1) is 0 Å². The number of carbonyl (C=O) groups is 1. The predicted octanol–water partition coefficient (Wildman–Crippen LogP) is 4.88. The molecule has 0 unspecified atom stereocenters. The van der Waals surface area contributed by atoms with E-state index in [1.54, 1.807) is 42.5 Å². The molecule has 0 N–H and O–H groups in total. The summed E-state index contributed by atoms with van der Waals surface area (Å²) in [6, 6.07) is 22.6. The number of para-hydroxylation sites is 1. The Bertz CT molecular complexity index is 1230. The predicted molar refractivity (Wildman–Crippen MR) is 111 cm³/mol. The van der Waals surface area contributed by atoms with E-state index in [0.29, 0.717) is 22.8 Å². The second-order valence-corrected chi connectivity index (χ2v) is 6.56. The lowest BCUT2D eigenvalue weighted by atomic mass is 10.1. The number of rotatable bonds is 6. The van der Waals surface area contributed by atoms with Crippen LogP contribution in [-0.4, -0.2) is 12.6 Å². The summed E-state index contributed by atoms with van der Waals surface area (Å²) in [5, 5.41) is 0.808. The lowest BCUT2D eigenvalue weighted by Crippen LogP contribution is -2.17. The van der Waals surface area contributed by atoms with E-state index in [2.05, 4.69) is 0 Å². The lowest BCUT2D eigenvalue weighted by Gasteiger charge is -2.09. The molecular weight excluding hydrogens is 384 g/mol. The van der Waals surface area contributed by atoms with E-state index in [1.807, 2.05) is 37.3 Å². The van der Waals surface area contributed by atoms with Crippen LogP contribution in [0, 0.1) is 6.92 Å². The van der Waals surface area contributed by atoms with Gasteiger partial charge in [-0.15, -0.1) is 0 Å². The van der Waals surface area contributed by atoms with Crippen molar-refractivity contribution in [2.24, 2.45) is 0 Å². The van der Waals surface area contributed by atoms with Crippen LogP contribution in [0.4, 0.5) is 0 Å². The van der Waals surface area contributed by atoms with E-state index >= 15 is 0 Å². The number of benzene rings is 3. The van der Waals surface area contributed by atoms with Crippen molar-refractivity contribution in [3.05, 3.63) is 94.8 Å². The normalized spacial score (nSPS) is 10.6. The van der Waals surface area contributed by atoms with Gasteiger partial charge >= 0.3 is 11.6 Å². The molecule has 3 aromatic carbocycles.